The number of nitrogens with zero attached hydrogens (tertiary/aromatic N) is 3. The van der Waals surface area contributed by atoms with Crippen LogP contribution in [0.25, 0.3) is 0 Å². The Hall–Kier alpha value is -3.98. The van der Waals surface area contributed by atoms with Crippen LogP contribution in [-0.4, -0.2) is 59.1 Å². The zero-order chi connectivity index (χ0) is 28.8. The quantitative estimate of drug-likeness (QED) is 0.436. The third-order valence-corrected chi connectivity index (χ3v) is 8.24. The molecule has 2 aliphatic carbocycles. The summed E-state index contributed by atoms with van der Waals surface area (Å²) in [4.78, 5) is 50.2. The van der Waals surface area contributed by atoms with Crippen molar-refractivity contribution in [3.05, 3.63) is 82.7 Å². The van der Waals surface area contributed by atoms with Crippen LogP contribution in [0.3, 0.4) is 0 Å². The fraction of sp³-hybridized carbons (Fsp3) is 0.387. The van der Waals surface area contributed by atoms with Gasteiger partial charge in [0, 0.05) is 31.3 Å². The third kappa shape index (κ3) is 6.35. The molecule has 1 aromatic heterocycles. The minimum absolute atomic E-state index is 0.0892. The number of aliphatic imine (C=N–C) groups is 1. The monoisotopic (exact) mass is 574 g/mol. The van der Waals surface area contributed by atoms with Gasteiger partial charge in [-0.25, -0.2) is 4.98 Å². The molecule has 2 aromatic rings. The number of halogens is 1. The van der Waals surface area contributed by atoms with Crippen LogP contribution in [0.2, 0.25) is 5.02 Å². The van der Waals surface area contributed by atoms with Gasteiger partial charge in [0.2, 0.25) is 11.8 Å². The van der Waals surface area contributed by atoms with Gasteiger partial charge in [0.15, 0.2) is 0 Å². The molecule has 1 unspecified atom stereocenters. The van der Waals surface area contributed by atoms with Crippen molar-refractivity contribution in [1.82, 2.24) is 20.5 Å². The van der Waals surface area contributed by atoms with E-state index in [9.17, 15) is 14.4 Å². The number of pyridine rings is 1. The number of amidine groups is 1. The number of nitrogens with one attached hydrogen (secondary N) is 3. The van der Waals surface area contributed by atoms with E-state index >= 15 is 0 Å². The maximum absolute atomic E-state index is 13.7. The van der Waals surface area contributed by atoms with Crippen LogP contribution < -0.4 is 16.0 Å². The summed E-state index contributed by atoms with van der Waals surface area (Å²) in [6, 6.07) is 12.7. The second-order valence-corrected chi connectivity index (χ2v) is 11.1. The highest BCUT2D eigenvalue weighted by atomic mass is 35.5. The van der Waals surface area contributed by atoms with Crippen LogP contribution >= 0.6 is 11.6 Å². The van der Waals surface area contributed by atoms with Crippen molar-refractivity contribution in [2.24, 2.45) is 10.9 Å². The Balaban J connectivity index is 1.24. The largest absolute Gasteiger partial charge is 0.394 e. The highest BCUT2D eigenvalue weighted by Crippen LogP contribution is 2.39. The molecule has 10 heteroatoms. The molecule has 2 saturated carbocycles. The summed E-state index contributed by atoms with van der Waals surface area (Å²) in [6.07, 6.45) is 10.9. The zero-order valence-electron chi connectivity index (χ0n) is 23.2. The van der Waals surface area contributed by atoms with E-state index in [4.69, 9.17) is 16.6 Å². The number of carbonyl (C=O) groups excluding carboxylic acids is 3. The van der Waals surface area contributed by atoms with E-state index in [0.717, 1.165) is 30.4 Å². The summed E-state index contributed by atoms with van der Waals surface area (Å²) >= 11 is 6.49. The molecule has 1 aliphatic heterocycles. The number of hydrogen-bond acceptors (Lipinski definition) is 6. The van der Waals surface area contributed by atoms with E-state index in [-0.39, 0.29) is 36.7 Å². The fourth-order valence-corrected chi connectivity index (χ4v) is 6.08. The smallest absolute Gasteiger partial charge is 0.256 e. The predicted octanol–water partition coefficient (Wildman–Crippen LogP) is 4.22. The van der Waals surface area contributed by atoms with Gasteiger partial charge in [-0.15, -0.1) is 0 Å². The maximum Gasteiger partial charge on any atom is 0.256 e. The van der Waals surface area contributed by atoms with Crippen molar-refractivity contribution >= 4 is 41.0 Å². The first-order valence-electron chi connectivity index (χ1n) is 14.1. The van der Waals surface area contributed by atoms with Gasteiger partial charge in [-0.3, -0.25) is 24.3 Å². The molecule has 1 atom stereocenters. The first-order valence-corrected chi connectivity index (χ1v) is 14.5. The number of amides is 3. The number of aromatic nitrogens is 1. The lowest BCUT2D eigenvalue weighted by Gasteiger charge is -2.29. The number of benzene rings is 1. The third-order valence-electron chi connectivity index (χ3n) is 7.91. The Bertz CT molecular complexity index is 1400. The topological polar surface area (TPSA) is 116 Å². The number of hydrogen-bond donors (Lipinski definition) is 3. The molecule has 41 heavy (non-hydrogen) atoms. The summed E-state index contributed by atoms with van der Waals surface area (Å²) in [7, 11) is 1.82. The van der Waals surface area contributed by atoms with Gasteiger partial charge >= 0.3 is 0 Å². The van der Waals surface area contributed by atoms with Gasteiger partial charge in [0.1, 0.15) is 23.7 Å². The van der Waals surface area contributed by atoms with Crippen LogP contribution in [0.15, 0.2) is 77.1 Å². The molecule has 5 rings (SSSR count). The Morgan fingerprint density at radius 1 is 1.07 bits per heavy atom. The SMILES string of the molecule is CN/C=C1/CC(C(=O)Nc2ccccn2)C/C1=C/CNC(=O)CN1C(=O)C2(CCCCC2)N=C1c1ccccc1Cl. The van der Waals surface area contributed by atoms with E-state index in [1.807, 2.05) is 43.6 Å². The van der Waals surface area contributed by atoms with Crippen LogP contribution in [0, 0.1) is 5.92 Å². The van der Waals surface area contributed by atoms with E-state index in [0.29, 0.717) is 47.9 Å². The van der Waals surface area contributed by atoms with Crippen molar-refractivity contribution in [3.8, 4) is 0 Å². The normalized spacial score (nSPS) is 21.8. The van der Waals surface area contributed by atoms with Crippen LogP contribution in [0.4, 0.5) is 5.82 Å². The van der Waals surface area contributed by atoms with Gasteiger partial charge in [-0.2, -0.15) is 0 Å². The molecule has 0 radical (unpaired) electrons. The van der Waals surface area contributed by atoms with E-state index in [1.165, 1.54) is 4.90 Å². The van der Waals surface area contributed by atoms with E-state index < -0.39 is 5.54 Å². The molecule has 214 valence electrons. The lowest BCUT2D eigenvalue weighted by Crippen LogP contribution is -2.47. The average molecular weight is 575 g/mol. The van der Waals surface area contributed by atoms with E-state index in [1.54, 1.807) is 24.4 Å². The van der Waals surface area contributed by atoms with Crippen molar-refractivity contribution < 1.29 is 14.4 Å². The molecule has 9 nitrogen and oxygen atoms in total. The number of allylic oxidation sites excluding steroid dienone is 2. The minimum Gasteiger partial charge on any atom is -0.394 e. The van der Waals surface area contributed by atoms with Gasteiger partial charge in [-0.1, -0.05) is 55.1 Å². The highest BCUT2D eigenvalue weighted by molar-refractivity contribution is 6.35. The standard InChI is InChI=1S/C31H35ClN6O3/c1-33-19-23-18-22(29(40)36-26-11-5-8-15-34-26)17-21(23)12-16-35-27(39)20-38-28(24-9-3-4-10-25(24)32)37-31(30(38)41)13-6-2-7-14-31/h3-5,8-12,15,19,22,33H,2,6-7,13-14,16-18,20H2,1H3,(H,35,39)(H,34,36,40)/b21-12-,23-19-. The summed E-state index contributed by atoms with van der Waals surface area (Å²) in [6.45, 7) is 0.137. The molecule has 3 amide bonds. The molecule has 3 aliphatic rings. The molecule has 0 bridgehead atoms. The number of carbonyl (C=O) groups is 3. The highest BCUT2D eigenvalue weighted by Gasteiger charge is 2.49. The Kier molecular flexibility index (Phi) is 8.83. The summed E-state index contributed by atoms with van der Waals surface area (Å²) in [5, 5.41) is 9.35. The summed E-state index contributed by atoms with van der Waals surface area (Å²) in [5.41, 5.74) is 1.86. The van der Waals surface area contributed by atoms with E-state index in [2.05, 4.69) is 20.9 Å². The number of anilines is 1. The Morgan fingerprint density at radius 3 is 2.56 bits per heavy atom. The van der Waals surface area contributed by atoms with Gasteiger partial charge in [-0.05, 0) is 67.3 Å². The fourth-order valence-electron chi connectivity index (χ4n) is 5.86. The lowest BCUT2D eigenvalue weighted by atomic mass is 9.82. The Labute approximate surface area is 245 Å². The lowest BCUT2D eigenvalue weighted by molar-refractivity contribution is -0.135. The molecule has 2 heterocycles. The first kappa shape index (κ1) is 28.5. The van der Waals surface area contributed by atoms with Crippen molar-refractivity contribution in [3.63, 3.8) is 0 Å². The molecule has 3 N–H and O–H groups in total. The summed E-state index contributed by atoms with van der Waals surface area (Å²) < 4.78 is 0. The van der Waals surface area contributed by atoms with Crippen molar-refractivity contribution in [2.75, 3.05) is 25.5 Å². The van der Waals surface area contributed by atoms with Gasteiger partial charge in [0.25, 0.3) is 5.91 Å². The zero-order valence-corrected chi connectivity index (χ0v) is 23.9. The molecule has 2 fully saturated rings. The van der Waals surface area contributed by atoms with Crippen LogP contribution in [-0.2, 0) is 14.4 Å². The first-order chi connectivity index (χ1) is 19.9. The predicted molar refractivity (Wildman–Crippen MR) is 159 cm³/mol. The second kappa shape index (κ2) is 12.7. The minimum atomic E-state index is -0.809. The summed E-state index contributed by atoms with van der Waals surface area (Å²) in [5.74, 6) is 0.248. The molecule has 1 aromatic carbocycles. The molecule has 0 saturated heterocycles. The van der Waals surface area contributed by atoms with Crippen molar-refractivity contribution in [2.45, 2.75) is 50.5 Å². The number of rotatable bonds is 8. The van der Waals surface area contributed by atoms with Crippen molar-refractivity contribution in [1.29, 1.82) is 0 Å². The Morgan fingerprint density at radius 2 is 1.83 bits per heavy atom. The van der Waals surface area contributed by atoms with Gasteiger partial charge < -0.3 is 16.0 Å². The second-order valence-electron chi connectivity index (χ2n) is 10.7. The maximum atomic E-state index is 13.7. The van der Waals surface area contributed by atoms with Crippen LogP contribution in [0.5, 0.6) is 0 Å². The molecule has 1 spiro atoms. The van der Waals surface area contributed by atoms with Gasteiger partial charge in [0.05, 0.1) is 5.02 Å². The molecular weight excluding hydrogens is 540 g/mol. The van der Waals surface area contributed by atoms with Crippen LogP contribution in [0.1, 0.15) is 50.5 Å². The molecular formula is C31H35ClN6O3. The average Bonchev–Trinajstić information content (AvgIpc) is 3.49.